The Morgan fingerprint density at radius 1 is 0.938 bits per heavy atom. The predicted octanol–water partition coefficient (Wildman–Crippen LogP) is -1.06. The molecule has 0 aromatic carbocycles. The number of rotatable bonds is 4. The normalized spacial score (nSPS) is 36.8. The van der Waals surface area contributed by atoms with E-state index in [9.17, 15) is 20.2 Å². The first-order chi connectivity index (χ1) is 7.58. The third-order valence-corrected chi connectivity index (χ3v) is 2.41. The molecule has 2 aliphatic rings. The molecule has 2 unspecified atom stereocenters. The zero-order valence-electron chi connectivity index (χ0n) is 7.88. The van der Waals surface area contributed by atoms with E-state index in [-0.39, 0.29) is 13.2 Å². The monoisotopic (exact) mass is 236 g/mol. The molecule has 0 bridgehead atoms. The van der Waals surface area contributed by atoms with E-state index in [4.69, 9.17) is 9.47 Å². The average Bonchev–Trinajstić information content (AvgIpc) is 2.70. The van der Waals surface area contributed by atoms with Gasteiger partial charge in [0.15, 0.2) is 12.2 Å². The Morgan fingerprint density at radius 3 is 1.62 bits per heavy atom. The number of fused-ring (bicyclic) bond motifs is 1. The zero-order valence-corrected chi connectivity index (χ0v) is 7.88. The zero-order chi connectivity index (χ0) is 11.7. The number of hydrogen-bond donors (Lipinski definition) is 0. The maximum Gasteiger partial charge on any atom is 0.294 e. The summed E-state index contributed by atoms with van der Waals surface area (Å²) in [5.74, 6) is 0. The summed E-state index contributed by atoms with van der Waals surface area (Å²) < 4.78 is 10.2. The van der Waals surface area contributed by atoms with Gasteiger partial charge in [0.1, 0.15) is 12.2 Å². The van der Waals surface area contributed by atoms with Crippen LogP contribution in [0.2, 0.25) is 0 Å². The lowest BCUT2D eigenvalue weighted by molar-refractivity contribution is -0.769. The van der Waals surface area contributed by atoms with Gasteiger partial charge in [0, 0.05) is 0 Å². The number of ether oxygens (including phenoxy) is 2. The van der Waals surface area contributed by atoms with E-state index in [1.807, 2.05) is 0 Å². The van der Waals surface area contributed by atoms with Crippen LogP contribution in [0.5, 0.6) is 0 Å². The quantitative estimate of drug-likeness (QED) is 0.446. The maximum absolute atomic E-state index is 10.1. The third kappa shape index (κ3) is 1.97. The van der Waals surface area contributed by atoms with Crippen LogP contribution in [0.4, 0.5) is 0 Å². The summed E-state index contributed by atoms with van der Waals surface area (Å²) in [5.41, 5.74) is 0. The van der Waals surface area contributed by atoms with E-state index in [0.717, 1.165) is 0 Å². The highest BCUT2D eigenvalue weighted by molar-refractivity contribution is 4.94. The first kappa shape index (κ1) is 10.8. The van der Waals surface area contributed by atoms with Crippen LogP contribution in [0.15, 0.2) is 0 Å². The SMILES string of the molecule is O=[N+]([O-])O[C@H]1COC2C1OC[C@H]2O[N+](=O)[O-]. The van der Waals surface area contributed by atoms with Crippen molar-refractivity contribution in [3.8, 4) is 0 Å². The minimum atomic E-state index is -0.943. The van der Waals surface area contributed by atoms with E-state index < -0.39 is 34.6 Å². The van der Waals surface area contributed by atoms with Crippen molar-refractivity contribution in [2.24, 2.45) is 0 Å². The van der Waals surface area contributed by atoms with Crippen molar-refractivity contribution < 1.29 is 29.3 Å². The van der Waals surface area contributed by atoms with Crippen molar-refractivity contribution in [1.82, 2.24) is 0 Å². The molecule has 2 aliphatic heterocycles. The lowest BCUT2D eigenvalue weighted by Crippen LogP contribution is -2.35. The number of hydrogen-bond acceptors (Lipinski definition) is 8. The second-order valence-electron chi connectivity index (χ2n) is 3.33. The van der Waals surface area contributed by atoms with Crippen LogP contribution in [-0.2, 0) is 19.1 Å². The molecule has 0 aromatic heterocycles. The molecule has 0 aliphatic carbocycles. The van der Waals surface area contributed by atoms with Gasteiger partial charge in [0.2, 0.25) is 0 Å². The van der Waals surface area contributed by atoms with E-state index in [1.165, 1.54) is 0 Å². The third-order valence-electron chi connectivity index (χ3n) is 2.41. The Kier molecular flexibility index (Phi) is 2.75. The van der Waals surface area contributed by atoms with Gasteiger partial charge in [0.25, 0.3) is 10.2 Å². The molecule has 2 saturated heterocycles. The fourth-order valence-electron chi connectivity index (χ4n) is 1.83. The minimum Gasteiger partial charge on any atom is -0.371 e. The molecule has 0 amide bonds. The van der Waals surface area contributed by atoms with Gasteiger partial charge in [-0.3, -0.25) is 0 Å². The second-order valence-corrected chi connectivity index (χ2v) is 3.33. The number of nitrogens with zero attached hydrogens (tertiary/aromatic N) is 2. The summed E-state index contributed by atoms with van der Waals surface area (Å²) in [4.78, 5) is 28.9. The van der Waals surface area contributed by atoms with Crippen molar-refractivity contribution >= 4 is 0 Å². The maximum atomic E-state index is 10.1. The molecule has 2 heterocycles. The van der Waals surface area contributed by atoms with Gasteiger partial charge in [-0.15, -0.1) is 20.2 Å². The molecule has 16 heavy (non-hydrogen) atoms. The average molecular weight is 236 g/mol. The molecule has 2 rings (SSSR count). The summed E-state index contributed by atoms with van der Waals surface area (Å²) in [6.45, 7) is -0.0955. The fraction of sp³-hybridized carbons (Fsp3) is 1.00. The fourth-order valence-corrected chi connectivity index (χ4v) is 1.83. The Hall–Kier alpha value is -1.68. The van der Waals surface area contributed by atoms with Crippen molar-refractivity contribution in [2.75, 3.05) is 13.2 Å². The molecule has 4 atom stereocenters. The molecule has 90 valence electrons. The summed E-state index contributed by atoms with van der Waals surface area (Å²) in [7, 11) is 0. The van der Waals surface area contributed by atoms with Gasteiger partial charge in [-0.25, -0.2) is 0 Å². The summed E-state index contributed by atoms with van der Waals surface area (Å²) in [5, 5.41) is 18.4. The van der Waals surface area contributed by atoms with Crippen LogP contribution in [0.25, 0.3) is 0 Å². The lowest BCUT2D eigenvalue weighted by Gasteiger charge is -2.13. The van der Waals surface area contributed by atoms with Gasteiger partial charge < -0.3 is 19.1 Å². The molecular weight excluding hydrogens is 228 g/mol. The van der Waals surface area contributed by atoms with Crippen LogP contribution in [-0.4, -0.2) is 47.8 Å². The van der Waals surface area contributed by atoms with Crippen molar-refractivity contribution in [2.45, 2.75) is 24.4 Å². The highest BCUT2D eigenvalue weighted by Crippen LogP contribution is 2.30. The van der Waals surface area contributed by atoms with Gasteiger partial charge in [0.05, 0.1) is 13.2 Å². The lowest BCUT2D eigenvalue weighted by atomic mass is 10.1. The molecule has 10 nitrogen and oxygen atoms in total. The Labute approximate surface area is 88.2 Å². The second kappa shape index (κ2) is 4.06. The first-order valence-electron chi connectivity index (χ1n) is 4.43. The van der Waals surface area contributed by atoms with E-state index in [0.29, 0.717) is 0 Å². The Balaban J connectivity index is 1.95. The van der Waals surface area contributed by atoms with E-state index in [2.05, 4.69) is 9.68 Å². The Morgan fingerprint density at radius 2 is 1.31 bits per heavy atom. The smallest absolute Gasteiger partial charge is 0.294 e. The molecule has 0 N–H and O–H groups in total. The van der Waals surface area contributed by atoms with Gasteiger partial charge in [-0.1, -0.05) is 0 Å². The molecule has 0 aromatic rings. The Bertz CT molecular complexity index is 279. The standard InChI is InChI=1S/C6H8N2O8/c9-7(10)15-3-1-13-6-4(16-8(11)12)2-14-5(3)6/h3-6H,1-2H2/t3-,4+,5?,6?. The molecule has 10 heteroatoms. The van der Waals surface area contributed by atoms with Crippen LogP contribution >= 0.6 is 0 Å². The van der Waals surface area contributed by atoms with E-state index in [1.54, 1.807) is 0 Å². The van der Waals surface area contributed by atoms with Crippen LogP contribution in [0, 0.1) is 20.2 Å². The van der Waals surface area contributed by atoms with Crippen molar-refractivity contribution in [1.29, 1.82) is 0 Å². The summed E-state index contributed by atoms with van der Waals surface area (Å²) >= 11 is 0. The van der Waals surface area contributed by atoms with Gasteiger partial charge in [-0.05, 0) is 0 Å². The van der Waals surface area contributed by atoms with Crippen LogP contribution < -0.4 is 0 Å². The molecule has 0 saturated carbocycles. The summed E-state index contributed by atoms with van der Waals surface area (Å²) in [6, 6.07) is 0. The topological polar surface area (TPSA) is 123 Å². The predicted molar refractivity (Wildman–Crippen MR) is 43.2 cm³/mol. The highest BCUT2D eigenvalue weighted by Gasteiger charge is 2.51. The first-order valence-corrected chi connectivity index (χ1v) is 4.43. The van der Waals surface area contributed by atoms with Crippen LogP contribution in [0.3, 0.4) is 0 Å². The van der Waals surface area contributed by atoms with Gasteiger partial charge in [-0.2, -0.15) is 0 Å². The highest BCUT2D eigenvalue weighted by atomic mass is 17.0. The van der Waals surface area contributed by atoms with Crippen LogP contribution in [0.1, 0.15) is 0 Å². The molecule has 0 spiro atoms. The minimum absolute atomic E-state index is 0.0477. The van der Waals surface area contributed by atoms with Gasteiger partial charge >= 0.3 is 0 Å². The van der Waals surface area contributed by atoms with Crippen molar-refractivity contribution in [3.05, 3.63) is 20.2 Å². The van der Waals surface area contributed by atoms with Crippen molar-refractivity contribution in [3.63, 3.8) is 0 Å². The van der Waals surface area contributed by atoms with E-state index >= 15 is 0 Å². The largest absolute Gasteiger partial charge is 0.371 e. The molecular formula is C6H8N2O8. The summed E-state index contributed by atoms with van der Waals surface area (Å²) in [6.07, 6.45) is -3.12. The molecule has 0 radical (unpaired) electrons. The molecule has 2 fully saturated rings.